The van der Waals surface area contributed by atoms with Crippen molar-refractivity contribution in [1.29, 1.82) is 0 Å². The Hall–Kier alpha value is 0.137. The van der Waals surface area contributed by atoms with Crippen LogP contribution in [0.4, 0.5) is 0 Å². The smallest absolute Gasteiger partial charge is 0.146 e. The van der Waals surface area contributed by atoms with Crippen molar-refractivity contribution < 1.29 is 4.43 Å². The molecule has 3 heteroatoms. The van der Waals surface area contributed by atoms with Gasteiger partial charge >= 0.3 is 0 Å². The lowest BCUT2D eigenvalue weighted by Crippen LogP contribution is -2.40. The molecule has 0 atom stereocenters. The lowest BCUT2D eigenvalue weighted by Gasteiger charge is -2.30. The molecule has 11 heavy (non-hydrogen) atoms. The first-order valence-electron chi connectivity index (χ1n) is 4.33. The fraction of sp³-hybridized carbons (Fsp3) is 1.00. The van der Waals surface area contributed by atoms with E-state index in [-0.39, 0.29) is 5.60 Å². The fourth-order valence-electron chi connectivity index (χ4n) is 1.05. The summed E-state index contributed by atoms with van der Waals surface area (Å²) in [5.41, 5.74) is 0.0538. The second-order valence-corrected chi connectivity index (χ2v) is 3.83. The molecule has 0 unspecified atom stereocenters. The lowest BCUT2D eigenvalue weighted by molar-refractivity contribution is 0.0726. The first-order chi connectivity index (χ1) is 5.05. The number of rotatable bonds is 5. The van der Waals surface area contributed by atoms with Crippen LogP contribution in [0, 0.1) is 0 Å². The molecule has 0 saturated carbocycles. The summed E-state index contributed by atoms with van der Waals surface area (Å²) in [4.78, 5) is 2.39. The van der Waals surface area contributed by atoms with Crippen LogP contribution in [0.15, 0.2) is 0 Å². The van der Waals surface area contributed by atoms with Gasteiger partial charge < -0.3 is 9.33 Å². The van der Waals surface area contributed by atoms with E-state index in [1.165, 1.54) is 0 Å². The Morgan fingerprint density at radius 3 is 2.00 bits per heavy atom. The predicted molar refractivity (Wildman–Crippen MR) is 52.9 cm³/mol. The van der Waals surface area contributed by atoms with Crippen LogP contribution in [0.2, 0.25) is 0 Å². The average Bonchev–Trinajstić information content (AvgIpc) is 2.00. The Labute approximate surface area is 73.5 Å². The molecule has 0 aromatic rings. The molecular formula is C8H21NOSi. The Bertz CT molecular complexity index is 102. The molecular weight excluding hydrogens is 154 g/mol. The highest BCUT2D eigenvalue weighted by Gasteiger charge is 2.17. The molecule has 0 N–H and O–H groups in total. The summed E-state index contributed by atoms with van der Waals surface area (Å²) in [5, 5.41) is 0. The van der Waals surface area contributed by atoms with E-state index < -0.39 is 0 Å². The van der Waals surface area contributed by atoms with Crippen LogP contribution in [-0.2, 0) is 4.43 Å². The van der Waals surface area contributed by atoms with Crippen LogP contribution in [-0.4, -0.2) is 40.6 Å². The number of hydrogen-bond donors (Lipinski definition) is 0. The number of nitrogens with zero attached hydrogens (tertiary/aromatic N) is 1. The van der Waals surface area contributed by atoms with E-state index in [9.17, 15) is 0 Å². The van der Waals surface area contributed by atoms with Crippen molar-refractivity contribution in [3.63, 3.8) is 0 Å². The largest absolute Gasteiger partial charge is 0.422 e. The van der Waals surface area contributed by atoms with Gasteiger partial charge in [-0.15, -0.1) is 0 Å². The van der Waals surface area contributed by atoms with E-state index in [1.807, 2.05) is 0 Å². The van der Waals surface area contributed by atoms with Gasteiger partial charge in [0.1, 0.15) is 10.5 Å². The van der Waals surface area contributed by atoms with Crippen LogP contribution in [0.25, 0.3) is 0 Å². The van der Waals surface area contributed by atoms with Gasteiger partial charge in [-0.05, 0) is 26.9 Å². The monoisotopic (exact) mass is 175 g/mol. The average molecular weight is 175 g/mol. The minimum absolute atomic E-state index is 0.0538. The summed E-state index contributed by atoms with van der Waals surface area (Å²) < 4.78 is 5.47. The Kier molecular flexibility index (Phi) is 4.96. The molecule has 0 amide bonds. The SMILES string of the molecule is CCN(CC)CC(C)(C)O[SiH3]. The summed E-state index contributed by atoms with van der Waals surface area (Å²) in [5.74, 6) is 0. The molecule has 0 saturated heterocycles. The molecule has 0 rings (SSSR count). The van der Waals surface area contributed by atoms with Crippen molar-refractivity contribution in [3.05, 3.63) is 0 Å². The molecule has 0 bridgehead atoms. The van der Waals surface area contributed by atoms with Gasteiger partial charge in [-0.25, -0.2) is 0 Å². The van der Waals surface area contributed by atoms with Crippen LogP contribution >= 0.6 is 0 Å². The molecule has 0 heterocycles. The van der Waals surface area contributed by atoms with Crippen LogP contribution in [0.1, 0.15) is 27.7 Å². The zero-order valence-corrected chi connectivity index (χ0v) is 10.5. The van der Waals surface area contributed by atoms with E-state index in [2.05, 4.69) is 32.6 Å². The van der Waals surface area contributed by atoms with Crippen LogP contribution in [0.3, 0.4) is 0 Å². The highest BCUT2D eigenvalue weighted by Crippen LogP contribution is 2.08. The molecule has 0 aromatic carbocycles. The van der Waals surface area contributed by atoms with Crippen molar-refractivity contribution in [2.45, 2.75) is 33.3 Å². The van der Waals surface area contributed by atoms with Crippen LogP contribution in [0.5, 0.6) is 0 Å². The van der Waals surface area contributed by atoms with Crippen molar-refractivity contribution in [2.24, 2.45) is 0 Å². The second kappa shape index (κ2) is 4.90. The molecule has 0 radical (unpaired) electrons. The lowest BCUT2D eigenvalue weighted by atomic mass is 10.1. The summed E-state index contributed by atoms with van der Waals surface area (Å²) in [7, 11) is 0.831. The number of hydrogen-bond acceptors (Lipinski definition) is 2. The Morgan fingerprint density at radius 1 is 1.27 bits per heavy atom. The van der Waals surface area contributed by atoms with E-state index in [0.717, 1.165) is 30.1 Å². The van der Waals surface area contributed by atoms with Gasteiger partial charge in [0.15, 0.2) is 0 Å². The highest BCUT2D eigenvalue weighted by molar-refractivity contribution is 5.98. The van der Waals surface area contributed by atoms with Crippen molar-refractivity contribution in [2.75, 3.05) is 19.6 Å². The maximum Gasteiger partial charge on any atom is 0.146 e. The normalized spacial score (nSPS) is 12.8. The third-order valence-electron chi connectivity index (χ3n) is 2.05. The zero-order chi connectivity index (χ0) is 8.91. The maximum atomic E-state index is 5.47. The fourth-order valence-corrected chi connectivity index (χ4v) is 1.18. The first-order valence-corrected chi connectivity index (χ1v) is 5.15. The van der Waals surface area contributed by atoms with E-state index in [4.69, 9.17) is 4.43 Å². The molecule has 0 aliphatic heterocycles. The summed E-state index contributed by atoms with van der Waals surface area (Å²) in [6.45, 7) is 12.0. The van der Waals surface area contributed by atoms with E-state index in [0.29, 0.717) is 0 Å². The third-order valence-corrected chi connectivity index (χ3v) is 3.16. The maximum absolute atomic E-state index is 5.47. The Balaban J connectivity index is 3.79. The molecule has 0 aliphatic rings. The van der Waals surface area contributed by atoms with Gasteiger partial charge in [0.2, 0.25) is 0 Å². The van der Waals surface area contributed by atoms with Gasteiger partial charge in [0.05, 0.1) is 5.60 Å². The minimum atomic E-state index is 0.0538. The molecule has 0 aromatic heterocycles. The molecule has 2 nitrogen and oxygen atoms in total. The van der Waals surface area contributed by atoms with Crippen LogP contribution < -0.4 is 0 Å². The first kappa shape index (κ1) is 11.1. The Morgan fingerprint density at radius 2 is 1.73 bits per heavy atom. The minimum Gasteiger partial charge on any atom is -0.422 e. The van der Waals surface area contributed by atoms with E-state index in [1.54, 1.807) is 0 Å². The van der Waals surface area contributed by atoms with Gasteiger partial charge in [-0.3, -0.25) is 0 Å². The van der Waals surface area contributed by atoms with Crippen molar-refractivity contribution >= 4 is 10.5 Å². The summed E-state index contributed by atoms with van der Waals surface area (Å²) in [6.07, 6.45) is 0. The molecule has 68 valence electrons. The summed E-state index contributed by atoms with van der Waals surface area (Å²) >= 11 is 0. The molecule has 0 fully saturated rings. The van der Waals surface area contributed by atoms with Gasteiger partial charge in [0, 0.05) is 6.54 Å². The quantitative estimate of drug-likeness (QED) is 0.561. The standard InChI is InChI=1S/C8H21NOSi/c1-5-9(6-2)7-8(3,4)10-11/h5-7H2,1-4,11H3. The third kappa shape index (κ3) is 4.56. The highest BCUT2D eigenvalue weighted by atomic mass is 28.2. The molecule has 0 aliphatic carbocycles. The van der Waals surface area contributed by atoms with Gasteiger partial charge in [-0.1, -0.05) is 13.8 Å². The van der Waals surface area contributed by atoms with Gasteiger partial charge in [-0.2, -0.15) is 0 Å². The molecule has 0 spiro atoms. The topological polar surface area (TPSA) is 12.5 Å². The van der Waals surface area contributed by atoms with Crippen molar-refractivity contribution in [3.8, 4) is 0 Å². The van der Waals surface area contributed by atoms with E-state index >= 15 is 0 Å². The second-order valence-electron chi connectivity index (χ2n) is 3.43. The predicted octanol–water partition coefficient (Wildman–Crippen LogP) is 0.404. The van der Waals surface area contributed by atoms with Crippen molar-refractivity contribution in [1.82, 2.24) is 4.90 Å². The summed E-state index contributed by atoms with van der Waals surface area (Å²) in [6, 6.07) is 0. The zero-order valence-electron chi connectivity index (χ0n) is 8.48. The van der Waals surface area contributed by atoms with Gasteiger partial charge in [0.25, 0.3) is 0 Å². The number of likely N-dealkylation sites (N-methyl/N-ethyl adjacent to an activating group) is 1.